The van der Waals surface area contributed by atoms with Crippen LogP contribution in [0.25, 0.3) is 0 Å². The van der Waals surface area contributed by atoms with E-state index in [2.05, 4.69) is 18.2 Å². The maximum Gasteiger partial charge on any atom is 0.150 e. The third-order valence-electron chi connectivity index (χ3n) is 2.54. The Balaban J connectivity index is 2.45. The van der Waals surface area contributed by atoms with Crippen LogP contribution in [0.2, 0.25) is 5.02 Å². The van der Waals surface area contributed by atoms with Crippen molar-refractivity contribution in [3.63, 3.8) is 0 Å². The van der Waals surface area contributed by atoms with E-state index in [0.29, 0.717) is 10.6 Å². The van der Waals surface area contributed by atoms with Crippen molar-refractivity contribution in [2.24, 2.45) is 0 Å². The van der Waals surface area contributed by atoms with Crippen molar-refractivity contribution in [1.82, 2.24) is 0 Å². The molecule has 0 fully saturated rings. The van der Waals surface area contributed by atoms with Crippen molar-refractivity contribution in [3.8, 4) is 0 Å². The minimum absolute atomic E-state index is 0.211. The van der Waals surface area contributed by atoms with Crippen LogP contribution in [-0.2, 0) is 0 Å². The molecule has 0 saturated carbocycles. The van der Waals surface area contributed by atoms with Gasteiger partial charge in [0.05, 0.1) is 0 Å². The summed E-state index contributed by atoms with van der Waals surface area (Å²) in [4.78, 5) is 10.9. The van der Waals surface area contributed by atoms with E-state index in [1.165, 1.54) is 5.57 Å². The SMILES string of the molecule is CC1=CC(c2ccc(Cl)cc2C=O)C=C1. The number of hydrogen-bond acceptors (Lipinski definition) is 1. The lowest BCUT2D eigenvalue weighted by molar-refractivity contribution is 0.112. The topological polar surface area (TPSA) is 17.1 Å². The van der Waals surface area contributed by atoms with E-state index in [1.54, 1.807) is 6.07 Å². The number of hydrogen-bond donors (Lipinski definition) is 0. The van der Waals surface area contributed by atoms with Gasteiger partial charge in [-0.3, -0.25) is 4.79 Å². The largest absolute Gasteiger partial charge is 0.298 e. The van der Waals surface area contributed by atoms with Crippen LogP contribution >= 0.6 is 11.6 Å². The standard InChI is InChI=1S/C13H11ClO/c1-9-2-3-10(6-9)13-5-4-12(14)7-11(13)8-15/h2-8,10H,1H3. The minimum atomic E-state index is 0.211. The van der Waals surface area contributed by atoms with E-state index >= 15 is 0 Å². The summed E-state index contributed by atoms with van der Waals surface area (Å²) in [5, 5.41) is 0.600. The third-order valence-corrected chi connectivity index (χ3v) is 2.78. The molecule has 2 heteroatoms. The summed E-state index contributed by atoms with van der Waals surface area (Å²) in [6.07, 6.45) is 7.15. The number of halogens is 1. The van der Waals surface area contributed by atoms with Gasteiger partial charge in [-0.1, -0.05) is 41.5 Å². The highest BCUT2D eigenvalue weighted by Gasteiger charge is 2.13. The molecule has 2 rings (SSSR count). The van der Waals surface area contributed by atoms with Crippen LogP contribution in [0.1, 0.15) is 28.8 Å². The first kappa shape index (κ1) is 10.2. The molecule has 0 radical (unpaired) electrons. The van der Waals surface area contributed by atoms with Crippen LogP contribution in [-0.4, -0.2) is 6.29 Å². The Morgan fingerprint density at radius 1 is 1.40 bits per heavy atom. The summed E-state index contributed by atoms with van der Waals surface area (Å²) in [5.74, 6) is 0.211. The van der Waals surface area contributed by atoms with E-state index in [-0.39, 0.29) is 5.92 Å². The Bertz CT molecular complexity index is 458. The average Bonchev–Trinajstić information content (AvgIpc) is 2.64. The summed E-state index contributed by atoms with van der Waals surface area (Å²) >= 11 is 5.84. The molecule has 0 amide bonds. The Hall–Kier alpha value is -1.34. The Kier molecular flexibility index (Phi) is 2.74. The normalized spacial score (nSPS) is 19.1. The molecule has 0 N–H and O–H groups in total. The summed E-state index contributed by atoms with van der Waals surface area (Å²) in [6.45, 7) is 2.05. The molecule has 0 saturated heterocycles. The molecule has 1 aromatic carbocycles. The number of carbonyl (C=O) groups is 1. The first-order valence-corrected chi connectivity index (χ1v) is 5.20. The predicted octanol–water partition coefficient (Wildman–Crippen LogP) is 3.75. The van der Waals surface area contributed by atoms with Gasteiger partial charge < -0.3 is 0 Å². The van der Waals surface area contributed by atoms with Crippen LogP contribution in [0.4, 0.5) is 0 Å². The lowest BCUT2D eigenvalue weighted by Gasteiger charge is -2.09. The monoisotopic (exact) mass is 218 g/mol. The smallest absolute Gasteiger partial charge is 0.150 e. The highest BCUT2D eigenvalue weighted by molar-refractivity contribution is 6.30. The molecule has 0 spiro atoms. The van der Waals surface area contributed by atoms with Gasteiger partial charge in [0.25, 0.3) is 0 Å². The lowest BCUT2D eigenvalue weighted by atomic mass is 9.96. The molecule has 0 heterocycles. The van der Waals surface area contributed by atoms with E-state index in [0.717, 1.165) is 11.8 Å². The molecule has 0 aromatic heterocycles. The fourth-order valence-electron chi connectivity index (χ4n) is 1.79. The van der Waals surface area contributed by atoms with Gasteiger partial charge in [0, 0.05) is 16.5 Å². The van der Waals surface area contributed by atoms with Crippen molar-refractivity contribution in [1.29, 1.82) is 0 Å². The van der Waals surface area contributed by atoms with Crippen molar-refractivity contribution in [2.45, 2.75) is 12.8 Å². The van der Waals surface area contributed by atoms with Gasteiger partial charge in [0.15, 0.2) is 0 Å². The second-order valence-corrected chi connectivity index (χ2v) is 4.12. The van der Waals surface area contributed by atoms with Gasteiger partial charge in [-0.05, 0) is 24.6 Å². The molecule has 1 aromatic rings. The zero-order chi connectivity index (χ0) is 10.8. The second kappa shape index (κ2) is 4.03. The van der Waals surface area contributed by atoms with Crippen LogP contribution in [0.5, 0.6) is 0 Å². The van der Waals surface area contributed by atoms with E-state index in [9.17, 15) is 4.79 Å². The maximum absolute atomic E-state index is 10.9. The van der Waals surface area contributed by atoms with Crippen LogP contribution < -0.4 is 0 Å². The summed E-state index contributed by atoms with van der Waals surface area (Å²) < 4.78 is 0. The molecule has 0 bridgehead atoms. The van der Waals surface area contributed by atoms with Crippen LogP contribution in [0, 0.1) is 0 Å². The molecule has 1 nitrogen and oxygen atoms in total. The molecule has 1 aliphatic rings. The van der Waals surface area contributed by atoms with Gasteiger partial charge in [0.2, 0.25) is 0 Å². The van der Waals surface area contributed by atoms with Gasteiger partial charge >= 0.3 is 0 Å². The third kappa shape index (κ3) is 2.02. The van der Waals surface area contributed by atoms with Gasteiger partial charge in [-0.25, -0.2) is 0 Å². The average molecular weight is 219 g/mol. The maximum atomic E-state index is 10.9. The quantitative estimate of drug-likeness (QED) is 0.691. The molecular weight excluding hydrogens is 208 g/mol. The number of aldehydes is 1. The molecule has 1 unspecified atom stereocenters. The number of rotatable bonds is 2. The van der Waals surface area contributed by atoms with Gasteiger partial charge in [-0.15, -0.1) is 0 Å². The fourth-order valence-corrected chi connectivity index (χ4v) is 1.98. The van der Waals surface area contributed by atoms with Crippen LogP contribution in [0.3, 0.4) is 0 Å². The molecule has 0 aliphatic heterocycles. The van der Waals surface area contributed by atoms with Gasteiger partial charge in [0.1, 0.15) is 6.29 Å². The molecule has 1 atom stereocenters. The Morgan fingerprint density at radius 3 is 2.80 bits per heavy atom. The van der Waals surface area contributed by atoms with E-state index in [4.69, 9.17) is 11.6 Å². The fraction of sp³-hybridized carbons (Fsp3) is 0.154. The highest BCUT2D eigenvalue weighted by atomic mass is 35.5. The second-order valence-electron chi connectivity index (χ2n) is 3.69. The van der Waals surface area contributed by atoms with E-state index in [1.807, 2.05) is 19.1 Å². The van der Waals surface area contributed by atoms with Crippen molar-refractivity contribution in [3.05, 3.63) is 58.1 Å². The first-order valence-electron chi connectivity index (χ1n) is 4.82. The molecule has 15 heavy (non-hydrogen) atoms. The van der Waals surface area contributed by atoms with Crippen molar-refractivity contribution >= 4 is 17.9 Å². The minimum Gasteiger partial charge on any atom is -0.298 e. The molecule has 1 aliphatic carbocycles. The highest BCUT2D eigenvalue weighted by Crippen LogP contribution is 2.29. The summed E-state index contributed by atoms with van der Waals surface area (Å²) in [6, 6.07) is 5.44. The number of allylic oxidation sites excluding steroid dienone is 4. The van der Waals surface area contributed by atoms with Crippen molar-refractivity contribution < 1.29 is 4.79 Å². The predicted molar refractivity (Wildman–Crippen MR) is 62.5 cm³/mol. The van der Waals surface area contributed by atoms with Gasteiger partial charge in [-0.2, -0.15) is 0 Å². The Morgan fingerprint density at radius 2 is 2.20 bits per heavy atom. The van der Waals surface area contributed by atoms with Crippen molar-refractivity contribution in [2.75, 3.05) is 0 Å². The lowest BCUT2D eigenvalue weighted by Crippen LogP contribution is -1.95. The first-order chi connectivity index (χ1) is 7.20. The van der Waals surface area contributed by atoms with Crippen LogP contribution in [0.15, 0.2) is 42.0 Å². The summed E-state index contributed by atoms with van der Waals surface area (Å²) in [7, 11) is 0. The molecular formula is C13H11ClO. The zero-order valence-corrected chi connectivity index (χ0v) is 9.16. The molecule has 76 valence electrons. The zero-order valence-electron chi connectivity index (χ0n) is 8.41. The summed E-state index contributed by atoms with van der Waals surface area (Å²) in [5.41, 5.74) is 2.91. The number of benzene rings is 1. The Labute approximate surface area is 94.1 Å². The number of carbonyl (C=O) groups excluding carboxylic acids is 1. The van der Waals surface area contributed by atoms with E-state index < -0.39 is 0 Å².